The fraction of sp³-hybridized carbons (Fsp3) is 0.556. The van der Waals surface area contributed by atoms with Gasteiger partial charge < -0.3 is 14.6 Å². The molecule has 1 aromatic carbocycles. The van der Waals surface area contributed by atoms with E-state index >= 15 is 0 Å². The first-order valence-corrected chi connectivity index (χ1v) is 8.40. The Hall–Kier alpha value is -2.08. The third-order valence-corrected chi connectivity index (χ3v) is 4.83. The van der Waals surface area contributed by atoms with Crippen LogP contribution in [-0.4, -0.2) is 48.2 Å². The Morgan fingerprint density at radius 1 is 1.08 bits per heavy atom. The third-order valence-electron chi connectivity index (χ3n) is 4.83. The van der Waals surface area contributed by atoms with E-state index in [1.54, 1.807) is 31.4 Å². The summed E-state index contributed by atoms with van der Waals surface area (Å²) in [4.78, 5) is 26.0. The van der Waals surface area contributed by atoms with Crippen molar-refractivity contribution in [1.82, 2.24) is 4.90 Å². The van der Waals surface area contributed by atoms with Crippen molar-refractivity contribution in [1.29, 1.82) is 0 Å². The first-order chi connectivity index (χ1) is 11.6. The minimum Gasteiger partial charge on any atom is -0.497 e. The molecule has 3 atom stereocenters. The van der Waals surface area contributed by atoms with E-state index in [4.69, 9.17) is 9.47 Å². The van der Waals surface area contributed by atoms with Crippen molar-refractivity contribution < 1.29 is 24.2 Å². The zero-order valence-electron chi connectivity index (χ0n) is 13.8. The van der Waals surface area contributed by atoms with Gasteiger partial charge in [0.05, 0.1) is 25.5 Å². The predicted octanol–water partition coefficient (Wildman–Crippen LogP) is 1.61. The van der Waals surface area contributed by atoms with Crippen LogP contribution < -0.4 is 9.47 Å². The minimum atomic E-state index is -0.903. The molecule has 1 N–H and O–H groups in total. The number of hydrogen-bond donors (Lipinski definition) is 1. The molecule has 0 spiro atoms. The monoisotopic (exact) mass is 333 g/mol. The second kappa shape index (κ2) is 7.21. The Kier molecular flexibility index (Phi) is 5.04. The van der Waals surface area contributed by atoms with Gasteiger partial charge in [-0.1, -0.05) is 12.8 Å². The van der Waals surface area contributed by atoms with Gasteiger partial charge in [0.25, 0.3) is 0 Å². The van der Waals surface area contributed by atoms with Crippen LogP contribution in [0.5, 0.6) is 11.5 Å². The van der Waals surface area contributed by atoms with Gasteiger partial charge in [0.1, 0.15) is 24.2 Å². The summed E-state index contributed by atoms with van der Waals surface area (Å²) in [5.74, 6) is 0.699. The number of β-amino-alcohol motifs (C(OH)–C–C–N with tert-alkyl or cyclic N) is 1. The Morgan fingerprint density at radius 3 is 2.17 bits per heavy atom. The van der Waals surface area contributed by atoms with Gasteiger partial charge in [-0.05, 0) is 37.1 Å². The highest BCUT2D eigenvalue weighted by atomic mass is 16.5. The van der Waals surface area contributed by atoms with Gasteiger partial charge in [-0.2, -0.15) is 0 Å². The van der Waals surface area contributed by atoms with Crippen LogP contribution in [0.2, 0.25) is 0 Å². The molecular formula is C18H23NO5. The highest BCUT2D eigenvalue weighted by Crippen LogP contribution is 2.37. The quantitative estimate of drug-likeness (QED) is 0.801. The lowest BCUT2D eigenvalue weighted by Crippen LogP contribution is -2.40. The number of fused-ring (bicyclic) bond motifs is 1. The molecule has 6 heteroatoms. The number of hydrogen-bond acceptors (Lipinski definition) is 5. The number of likely N-dealkylation sites (tertiary alicyclic amines) is 1. The maximum atomic E-state index is 12.4. The van der Waals surface area contributed by atoms with Gasteiger partial charge in [-0.15, -0.1) is 0 Å². The molecule has 0 unspecified atom stereocenters. The molecule has 1 saturated heterocycles. The van der Waals surface area contributed by atoms with Crippen LogP contribution in [0.15, 0.2) is 24.3 Å². The molecule has 1 aromatic rings. The van der Waals surface area contributed by atoms with E-state index in [1.165, 1.54) is 4.90 Å². The van der Waals surface area contributed by atoms with Crippen molar-refractivity contribution in [3.8, 4) is 11.5 Å². The predicted molar refractivity (Wildman–Crippen MR) is 86.7 cm³/mol. The summed E-state index contributed by atoms with van der Waals surface area (Å²) < 4.78 is 10.6. The molecule has 0 aromatic heterocycles. The van der Waals surface area contributed by atoms with Crippen LogP contribution >= 0.6 is 0 Å². The molecule has 2 aliphatic rings. The van der Waals surface area contributed by atoms with E-state index in [-0.39, 0.29) is 36.8 Å². The largest absolute Gasteiger partial charge is 0.497 e. The number of nitrogens with zero attached hydrogens (tertiary/aromatic N) is 1. The molecule has 1 aliphatic carbocycles. The van der Waals surface area contributed by atoms with Gasteiger partial charge in [0.15, 0.2) is 0 Å². The topological polar surface area (TPSA) is 76.1 Å². The molecule has 1 heterocycles. The first kappa shape index (κ1) is 16.8. The maximum absolute atomic E-state index is 12.4. The lowest BCUT2D eigenvalue weighted by molar-refractivity contribution is -0.141. The van der Waals surface area contributed by atoms with E-state index in [0.717, 1.165) is 31.4 Å². The van der Waals surface area contributed by atoms with Gasteiger partial charge in [0.2, 0.25) is 11.8 Å². The number of methoxy groups -OCH3 is 1. The Morgan fingerprint density at radius 2 is 1.62 bits per heavy atom. The molecule has 24 heavy (non-hydrogen) atoms. The highest BCUT2D eigenvalue weighted by Gasteiger charge is 2.48. The summed E-state index contributed by atoms with van der Waals surface area (Å²) in [7, 11) is 1.58. The van der Waals surface area contributed by atoms with Crippen LogP contribution in [-0.2, 0) is 9.59 Å². The summed E-state index contributed by atoms with van der Waals surface area (Å²) in [5.41, 5.74) is 0. The van der Waals surface area contributed by atoms with Crippen molar-refractivity contribution in [3.05, 3.63) is 24.3 Å². The lowest BCUT2D eigenvalue weighted by atomic mass is 9.81. The molecule has 1 aliphatic heterocycles. The zero-order chi connectivity index (χ0) is 17.1. The number of rotatable bonds is 6. The second-order valence-electron chi connectivity index (χ2n) is 6.42. The summed E-state index contributed by atoms with van der Waals surface area (Å²) in [5, 5.41) is 10.1. The first-order valence-electron chi connectivity index (χ1n) is 8.40. The minimum absolute atomic E-state index is 0.000815. The van der Waals surface area contributed by atoms with Gasteiger partial charge >= 0.3 is 0 Å². The molecule has 0 bridgehead atoms. The maximum Gasteiger partial charge on any atom is 0.233 e. The van der Waals surface area contributed by atoms with Gasteiger partial charge in [-0.25, -0.2) is 0 Å². The molecule has 2 amide bonds. The number of aliphatic hydroxyl groups is 1. The number of aliphatic hydroxyl groups excluding tert-OH is 1. The smallest absolute Gasteiger partial charge is 0.233 e. The molecule has 2 fully saturated rings. The van der Waals surface area contributed by atoms with Crippen molar-refractivity contribution >= 4 is 11.8 Å². The Balaban J connectivity index is 1.53. The van der Waals surface area contributed by atoms with Crippen LogP contribution in [0.4, 0.5) is 0 Å². The fourth-order valence-corrected chi connectivity index (χ4v) is 3.54. The van der Waals surface area contributed by atoms with Crippen molar-refractivity contribution in [2.24, 2.45) is 11.8 Å². The number of amides is 2. The van der Waals surface area contributed by atoms with Crippen molar-refractivity contribution in [2.45, 2.75) is 31.8 Å². The number of carbonyl (C=O) groups excluding carboxylic acids is 2. The zero-order valence-corrected chi connectivity index (χ0v) is 13.8. The summed E-state index contributed by atoms with van der Waals surface area (Å²) >= 11 is 0. The second-order valence-corrected chi connectivity index (χ2v) is 6.42. The third kappa shape index (κ3) is 3.38. The molecule has 0 radical (unpaired) electrons. The average molecular weight is 333 g/mol. The Labute approximate surface area is 141 Å². The van der Waals surface area contributed by atoms with E-state index in [0.29, 0.717) is 5.75 Å². The number of benzene rings is 1. The summed E-state index contributed by atoms with van der Waals surface area (Å²) in [6, 6.07) is 7.01. The van der Waals surface area contributed by atoms with Crippen molar-refractivity contribution in [2.75, 3.05) is 20.3 Å². The highest BCUT2D eigenvalue weighted by molar-refractivity contribution is 6.05. The van der Waals surface area contributed by atoms with E-state index in [2.05, 4.69) is 0 Å². The normalized spacial score (nSPS) is 24.7. The number of carbonyl (C=O) groups is 2. The summed E-state index contributed by atoms with van der Waals surface area (Å²) in [6.45, 7) is 0.0273. The van der Waals surface area contributed by atoms with Gasteiger partial charge in [-0.3, -0.25) is 14.5 Å². The van der Waals surface area contributed by atoms with Crippen LogP contribution in [0.1, 0.15) is 25.7 Å². The SMILES string of the molecule is COc1ccc(OC[C@H](O)CN2C(=O)[C@H]3CCCC[C@H]3C2=O)cc1. The molecule has 3 rings (SSSR count). The fourth-order valence-electron chi connectivity index (χ4n) is 3.54. The van der Waals surface area contributed by atoms with Crippen molar-refractivity contribution in [3.63, 3.8) is 0 Å². The standard InChI is InChI=1S/C18H23NO5/c1-23-13-6-8-14(9-7-13)24-11-12(20)10-19-17(21)15-4-2-3-5-16(15)18(19)22/h6-9,12,15-16,20H,2-5,10-11H2,1H3/t12-,15-,16+/m1/s1. The van der Waals surface area contributed by atoms with Crippen LogP contribution in [0.25, 0.3) is 0 Å². The number of imide groups is 1. The molecule has 130 valence electrons. The molecule has 1 saturated carbocycles. The van der Waals surface area contributed by atoms with E-state index < -0.39 is 6.10 Å². The number of ether oxygens (including phenoxy) is 2. The van der Waals surface area contributed by atoms with Crippen LogP contribution in [0, 0.1) is 11.8 Å². The van der Waals surface area contributed by atoms with Crippen LogP contribution in [0.3, 0.4) is 0 Å². The summed E-state index contributed by atoms with van der Waals surface area (Å²) in [6.07, 6.45) is 2.66. The van der Waals surface area contributed by atoms with Gasteiger partial charge in [0, 0.05) is 0 Å². The molecular weight excluding hydrogens is 310 g/mol. The molecule has 6 nitrogen and oxygen atoms in total. The van der Waals surface area contributed by atoms with E-state index in [1.807, 2.05) is 0 Å². The van der Waals surface area contributed by atoms with E-state index in [9.17, 15) is 14.7 Å². The average Bonchev–Trinajstić information content (AvgIpc) is 2.86. The Bertz CT molecular complexity index is 576. The lowest BCUT2D eigenvalue weighted by Gasteiger charge is -2.19.